The van der Waals surface area contributed by atoms with Gasteiger partial charge in [0, 0.05) is 12.2 Å². The maximum absolute atomic E-state index is 10.5. The van der Waals surface area contributed by atoms with E-state index in [1.165, 1.54) is 0 Å². The van der Waals surface area contributed by atoms with Crippen molar-refractivity contribution in [1.82, 2.24) is 5.43 Å². The Morgan fingerprint density at radius 1 is 1.55 bits per heavy atom. The highest BCUT2D eigenvalue weighted by atomic mass is 16.5. The monoisotopic (exact) mass is 158 g/mol. The van der Waals surface area contributed by atoms with Gasteiger partial charge in [0.2, 0.25) is 0 Å². The average Bonchev–Trinajstić information content (AvgIpc) is 2.01. The molecule has 62 valence electrons. The van der Waals surface area contributed by atoms with Gasteiger partial charge < -0.3 is 4.74 Å². The zero-order valence-electron chi connectivity index (χ0n) is 6.16. The van der Waals surface area contributed by atoms with Crippen LogP contribution in [0, 0.1) is 0 Å². The number of rotatable bonds is 3. The van der Waals surface area contributed by atoms with Crippen LogP contribution in [0.25, 0.3) is 0 Å². The summed E-state index contributed by atoms with van der Waals surface area (Å²) >= 11 is 0. The smallest absolute Gasteiger partial charge is 0.330 e. The highest BCUT2D eigenvalue weighted by molar-refractivity contribution is 5.94. The molecule has 0 atom stereocenters. The average molecular weight is 158 g/mol. The van der Waals surface area contributed by atoms with Crippen LogP contribution in [0.3, 0.4) is 0 Å². The van der Waals surface area contributed by atoms with E-state index >= 15 is 0 Å². The first-order valence-electron chi connectivity index (χ1n) is 3.06. The third-order valence-corrected chi connectivity index (χ3v) is 0.800. The Morgan fingerprint density at radius 3 is 2.64 bits per heavy atom. The lowest BCUT2D eigenvalue weighted by molar-refractivity contribution is -0.137. The summed E-state index contributed by atoms with van der Waals surface area (Å²) < 4.78 is 4.49. The summed E-state index contributed by atoms with van der Waals surface area (Å²) in [5.41, 5.74) is 1.83. The summed E-state index contributed by atoms with van der Waals surface area (Å²) in [6.07, 6.45) is 2.00. The lowest BCUT2D eigenvalue weighted by Gasteiger charge is -1.93. The van der Waals surface area contributed by atoms with Gasteiger partial charge in [-0.25, -0.2) is 10.6 Å². The van der Waals surface area contributed by atoms with Crippen molar-refractivity contribution in [3.63, 3.8) is 0 Å². The van der Waals surface area contributed by atoms with E-state index in [0.29, 0.717) is 0 Å². The van der Waals surface area contributed by atoms with Gasteiger partial charge in [0.25, 0.3) is 5.91 Å². The molecule has 0 aromatic rings. The van der Waals surface area contributed by atoms with Crippen molar-refractivity contribution < 1.29 is 14.3 Å². The highest BCUT2D eigenvalue weighted by Crippen LogP contribution is 1.80. The molecule has 3 N–H and O–H groups in total. The van der Waals surface area contributed by atoms with Gasteiger partial charge in [-0.05, 0) is 6.92 Å². The van der Waals surface area contributed by atoms with Crippen LogP contribution in [0.4, 0.5) is 0 Å². The van der Waals surface area contributed by atoms with E-state index in [1.807, 2.05) is 5.43 Å². The minimum Gasteiger partial charge on any atom is -0.463 e. The van der Waals surface area contributed by atoms with Crippen LogP contribution in [-0.2, 0) is 14.3 Å². The molecule has 0 saturated heterocycles. The first-order chi connectivity index (χ1) is 5.20. The van der Waals surface area contributed by atoms with Crippen LogP contribution in [0.2, 0.25) is 0 Å². The number of esters is 1. The van der Waals surface area contributed by atoms with Gasteiger partial charge in [-0.15, -0.1) is 0 Å². The van der Waals surface area contributed by atoms with E-state index in [-0.39, 0.29) is 6.61 Å². The molecule has 0 saturated carbocycles. The van der Waals surface area contributed by atoms with E-state index in [0.717, 1.165) is 12.2 Å². The fraction of sp³-hybridized carbons (Fsp3) is 0.333. The largest absolute Gasteiger partial charge is 0.463 e. The standard InChI is InChI=1S/C6H10N2O3/c1-2-11-6(10)4-3-5(9)8-7/h3-4H,2,7H2,1H3,(H,8,9). The van der Waals surface area contributed by atoms with Gasteiger partial charge in [-0.1, -0.05) is 0 Å². The number of carbonyl (C=O) groups is 2. The van der Waals surface area contributed by atoms with E-state index in [2.05, 4.69) is 4.74 Å². The Labute approximate surface area is 64.2 Å². The van der Waals surface area contributed by atoms with Gasteiger partial charge in [0.05, 0.1) is 6.61 Å². The van der Waals surface area contributed by atoms with E-state index in [1.54, 1.807) is 6.92 Å². The number of hydrazine groups is 1. The molecule has 0 fully saturated rings. The SMILES string of the molecule is CCOC(=O)C=CC(=O)NN. The van der Waals surface area contributed by atoms with Crippen molar-refractivity contribution in [3.8, 4) is 0 Å². The Bertz CT molecular complexity index is 177. The predicted octanol–water partition coefficient (Wildman–Crippen LogP) is -0.904. The van der Waals surface area contributed by atoms with Crippen molar-refractivity contribution >= 4 is 11.9 Å². The van der Waals surface area contributed by atoms with Crippen LogP contribution >= 0.6 is 0 Å². The molecule has 0 bridgehead atoms. The molecule has 5 heteroatoms. The molecule has 0 unspecified atom stereocenters. The molecular formula is C6H10N2O3. The topological polar surface area (TPSA) is 81.4 Å². The number of nitrogens with one attached hydrogen (secondary N) is 1. The quantitative estimate of drug-likeness (QED) is 0.183. The third-order valence-electron chi connectivity index (χ3n) is 0.800. The van der Waals surface area contributed by atoms with Gasteiger partial charge in [-0.2, -0.15) is 0 Å². The number of carbonyl (C=O) groups excluding carboxylic acids is 2. The molecular weight excluding hydrogens is 148 g/mol. The maximum atomic E-state index is 10.5. The summed E-state index contributed by atoms with van der Waals surface area (Å²) in [6.45, 7) is 1.96. The van der Waals surface area contributed by atoms with Crippen molar-refractivity contribution in [2.24, 2.45) is 5.84 Å². The first kappa shape index (κ1) is 9.64. The molecule has 0 aliphatic rings. The zero-order valence-corrected chi connectivity index (χ0v) is 6.16. The first-order valence-corrected chi connectivity index (χ1v) is 3.06. The minimum absolute atomic E-state index is 0.285. The summed E-state index contributed by atoms with van der Waals surface area (Å²) in [6, 6.07) is 0. The molecule has 5 nitrogen and oxygen atoms in total. The third kappa shape index (κ3) is 5.10. The molecule has 0 radical (unpaired) electrons. The Morgan fingerprint density at radius 2 is 2.18 bits per heavy atom. The second-order valence-corrected chi connectivity index (χ2v) is 1.59. The molecule has 0 aliphatic heterocycles. The van der Waals surface area contributed by atoms with Crippen molar-refractivity contribution in [2.45, 2.75) is 6.92 Å². The number of nitrogens with two attached hydrogens (primary N) is 1. The second kappa shape index (κ2) is 5.43. The minimum atomic E-state index is -0.559. The van der Waals surface area contributed by atoms with Crippen molar-refractivity contribution in [2.75, 3.05) is 6.61 Å². The van der Waals surface area contributed by atoms with Crippen molar-refractivity contribution in [1.29, 1.82) is 0 Å². The normalized spacial score (nSPS) is 9.64. The molecule has 0 rings (SSSR count). The maximum Gasteiger partial charge on any atom is 0.330 e. The zero-order chi connectivity index (χ0) is 8.69. The highest BCUT2D eigenvalue weighted by Gasteiger charge is 1.94. The fourth-order valence-electron chi connectivity index (χ4n) is 0.382. The fourth-order valence-corrected chi connectivity index (χ4v) is 0.382. The Hall–Kier alpha value is -1.36. The van der Waals surface area contributed by atoms with Gasteiger partial charge in [0.15, 0.2) is 0 Å². The summed E-state index contributed by atoms with van der Waals surface area (Å²) in [5.74, 6) is 3.63. The van der Waals surface area contributed by atoms with Crippen LogP contribution < -0.4 is 11.3 Å². The molecule has 0 aromatic heterocycles. The summed E-state index contributed by atoms with van der Waals surface area (Å²) in [7, 11) is 0. The van der Waals surface area contributed by atoms with E-state index in [9.17, 15) is 9.59 Å². The molecule has 0 aliphatic carbocycles. The van der Waals surface area contributed by atoms with Crippen LogP contribution in [-0.4, -0.2) is 18.5 Å². The van der Waals surface area contributed by atoms with Gasteiger partial charge in [-0.3, -0.25) is 10.2 Å². The summed E-state index contributed by atoms with van der Waals surface area (Å²) in [4.78, 5) is 20.9. The molecule has 1 amide bonds. The van der Waals surface area contributed by atoms with E-state index < -0.39 is 11.9 Å². The van der Waals surface area contributed by atoms with Crippen molar-refractivity contribution in [3.05, 3.63) is 12.2 Å². The Balaban J connectivity index is 3.73. The number of hydrogen-bond donors (Lipinski definition) is 2. The molecule has 0 heterocycles. The van der Waals surface area contributed by atoms with Crippen LogP contribution in [0.1, 0.15) is 6.92 Å². The molecule has 11 heavy (non-hydrogen) atoms. The summed E-state index contributed by atoms with van der Waals surface area (Å²) in [5, 5.41) is 0. The van der Waals surface area contributed by atoms with Crippen LogP contribution in [0.15, 0.2) is 12.2 Å². The molecule has 0 spiro atoms. The number of hydrogen-bond acceptors (Lipinski definition) is 4. The number of amides is 1. The van der Waals surface area contributed by atoms with E-state index in [4.69, 9.17) is 5.84 Å². The second-order valence-electron chi connectivity index (χ2n) is 1.59. The Kier molecular flexibility index (Phi) is 4.76. The van der Waals surface area contributed by atoms with Crippen LogP contribution in [0.5, 0.6) is 0 Å². The lowest BCUT2D eigenvalue weighted by atomic mass is 10.5. The predicted molar refractivity (Wildman–Crippen MR) is 38.1 cm³/mol. The molecule has 0 aromatic carbocycles. The van der Waals surface area contributed by atoms with Gasteiger partial charge >= 0.3 is 5.97 Å². The van der Waals surface area contributed by atoms with Gasteiger partial charge in [0.1, 0.15) is 0 Å². The lowest BCUT2D eigenvalue weighted by Crippen LogP contribution is -2.28. The number of ether oxygens (including phenoxy) is 1.